The molecule has 0 radical (unpaired) electrons. The Morgan fingerprint density at radius 1 is 1.15 bits per heavy atom. The standard InChI is InChI=1S/C19H23N3O4S/c1-3-5-6-13-9-14-17(27-13)21-19(25)22(18(14)24)11-12-8-15(23)16(10-20-12)26-7-4-2/h8-10H,3-7,11H2,1-2H3,(H,20,23)(H,21,25). The van der Waals surface area contributed by atoms with Crippen LogP contribution in [0, 0.1) is 0 Å². The molecule has 3 rings (SSSR count). The maximum absolute atomic E-state index is 12.8. The third-order valence-corrected chi connectivity index (χ3v) is 5.34. The highest BCUT2D eigenvalue weighted by atomic mass is 32.1. The molecule has 0 fully saturated rings. The van der Waals surface area contributed by atoms with Gasteiger partial charge in [0, 0.05) is 22.8 Å². The number of thiophene rings is 1. The first-order valence-corrected chi connectivity index (χ1v) is 9.95. The highest BCUT2D eigenvalue weighted by Gasteiger charge is 2.12. The summed E-state index contributed by atoms with van der Waals surface area (Å²) in [6, 6.07) is 3.22. The number of H-pyrrole nitrogens is 2. The fourth-order valence-electron chi connectivity index (χ4n) is 2.80. The first-order chi connectivity index (χ1) is 13.0. The Balaban J connectivity index is 1.92. The van der Waals surface area contributed by atoms with Crippen molar-refractivity contribution in [3.05, 3.63) is 60.0 Å². The van der Waals surface area contributed by atoms with Crippen LogP contribution < -0.4 is 21.4 Å². The van der Waals surface area contributed by atoms with Crippen LogP contribution in [0.4, 0.5) is 0 Å². The molecule has 0 spiro atoms. The van der Waals surface area contributed by atoms with Crippen LogP contribution in [0.1, 0.15) is 43.7 Å². The van der Waals surface area contributed by atoms with Gasteiger partial charge in [0.05, 0.1) is 18.5 Å². The molecule has 8 heteroatoms. The summed E-state index contributed by atoms with van der Waals surface area (Å²) in [4.78, 5) is 44.6. The van der Waals surface area contributed by atoms with E-state index < -0.39 is 5.69 Å². The number of aromatic nitrogens is 3. The lowest BCUT2D eigenvalue weighted by molar-refractivity contribution is 0.313. The summed E-state index contributed by atoms with van der Waals surface area (Å²) < 4.78 is 6.46. The quantitative estimate of drug-likeness (QED) is 0.619. The molecule has 0 unspecified atom stereocenters. The molecule has 0 aliphatic carbocycles. The number of rotatable bonds is 8. The average molecular weight is 389 g/mol. The summed E-state index contributed by atoms with van der Waals surface area (Å²) in [6.07, 6.45) is 5.27. The van der Waals surface area contributed by atoms with Gasteiger partial charge >= 0.3 is 5.69 Å². The largest absolute Gasteiger partial charge is 0.488 e. The molecular formula is C19H23N3O4S. The van der Waals surface area contributed by atoms with E-state index in [2.05, 4.69) is 16.9 Å². The zero-order valence-electron chi connectivity index (χ0n) is 15.5. The van der Waals surface area contributed by atoms with Crippen molar-refractivity contribution in [1.82, 2.24) is 14.5 Å². The van der Waals surface area contributed by atoms with Crippen molar-refractivity contribution in [3.8, 4) is 5.75 Å². The molecule has 3 aromatic rings. The number of aryl methyl sites for hydroxylation is 1. The molecule has 3 aromatic heterocycles. The number of hydrogen-bond acceptors (Lipinski definition) is 5. The second-order valence-electron chi connectivity index (χ2n) is 6.42. The van der Waals surface area contributed by atoms with Crippen molar-refractivity contribution >= 4 is 21.6 Å². The maximum Gasteiger partial charge on any atom is 0.329 e. The molecule has 3 heterocycles. The summed E-state index contributed by atoms with van der Waals surface area (Å²) in [5.41, 5.74) is -0.638. The van der Waals surface area contributed by atoms with Gasteiger partial charge in [-0.05, 0) is 25.3 Å². The average Bonchev–Trinajstić information content (AvgIpc) is 3.05. The van der Waals surface area contributed by atoms with E-state index >= 15 is 0 Å². The molecule has 0 atom stereocenters. The molecule has 2 N–H and O–H groups in total. The fraction of sp³-hybridized carbons (Fsp3) is 0.421. The van der Waals surface area contributed by atoms with Crippen LogP contribution in [-0.4, -0.2) is 21.1 Å². The summed E-state index contributed by atoms with van der Waals surface area (Å²) in [5.74, 6) is 0.232. The first kappa shape index (κ1) is 19.2. The third kappa shape index (κ3) is 4.21. The Morgan fingerprint density at radius 3 is 2.67 bits per heavy atom. The lowest BCUT2D eigenvalue weighted by atomic mass is 10.2. The summed E-state index contributed by atoms with van der Waals surface area (Å²) in [5, 5.41) is 0.510. The summed E-state index contributed by atoms with van der Waals surface area (Å²) >= 11 is 1.45. The van der Waals surface area contributed by atoms with Crippen molar-refractivity contribution in [2.75, 3.05) is 6.61 Å². The van der Waals surface area contributed by atoms with Crippen molar-refractivity contribution in [2.24, 2.45) is 0 Å². The number of aromatic amines is 2. The number of unbranched alkanes of at least 4 members (excludes halogenated alkanes) is 1. The van der Waals surface area contributed by atoms with Gasteiger partial charge in [0.15, 0.2) is 5.75 Å². The molecule has 0 amide bonds. The summed E-state index contributed by atoms with van der Waals surface area (Å²) in [6.45, 7) is 4.52. The number of pyridine rings is 1. The first-order valence-electron chi connectivity index (χ1n) is 9.13. The van der Waals surface area contributed by atoms with E-state index in [9.17, 15) is 14.4 Å². The normalized spacial score (nSPS) is 11.2. The van der Waals surface area contributed by atoms with Crippen molar-refractivity contribution in [3.63, 3.8) is 0 Å². The van der Waals surface area contributed by atoms with E-state index in [1.807, 2.05) is 13.0 Å². The minimum absolute atomic E-state index is 0.00640. The lowest BCUT2D eigenvalue weighted by Crippen LogP contribution is -2.35. The Bertz CT molecular complexity index is 1110. The van der Waals surface area contributed by atoms with Crippen LogP contribution in [0.15, 0.2) is 32.7 Å². The fourth-order valence-corrected chi connectivity index (χ4v) is 3.88. The zero-order chi connectivity index (χ0) is 19.4. The molecule has 144 valence electrons. The third-order valence-electron chi connectivity index (χ3n) is 4.23. The number of ether oxygens (including phenoxy) is 1. The monoisotopic (exact) mass is 389 g/mol. The number of nitrogens with zero attached hydrogens (tertiary/aromatic N) is 1. The smallest absolute Gasteiger partial charge is 0.329 e. The van der Waals surface area contributed by atoms with Gasteiger partial charge in [-0.3, -0.25) is 19.1 Å². The van der Waals surface area contributed by atoms with Crippen molar-refractivity contribution < 1.29 is 4.74 Å². The van der Waals surface area contributed by atoms with Gasteiger partial charge in [-0.25, -0.2) is 4.79 Å². The Hall–Kier alpha value is -2.61. The van der Waals surface area contributed by atoms with Gasteiger partial charge in [-0.2, -0.15) is 0 Å². The van der Waals surface area contributed by atoms with E-state index in [4.69, 9.17) is 4.74 Å². The molecule has 0 aliphatic heterocycles. The minimum atomic E-state index is -0.483. The molecule has 0 saturated carbocycles. The molecule has 0 aromatic carbocycles. The van der Waals surface area contributed by atoms with Gasteiger partial charge in [0.25, 0.3) is 5.56 Å². The lowest BCUT2D eigenvalue weighted by Gasteiger charge is -2.07. The molecular weight excluding hydrogens is 366 g/mol. The predicted molar refractivity (Wildman–Crippen MR) is 107 cm³/mol. The Labute approximate surface area is 159 Å². The van der Waals surface area contributed by atoms with Crippen LogP contribution >= 0.6 is 11.3 Å². The van der Waals surface area contributed by atoms with Gasteiger partial charge < -0.3 is 9.72 Å². The number of hydrogen-bond donors (Lipinski definition) is 2. The Kier molecular flexibility index (Phi) is 5.95. The van der Waals surface area contributed by atoms with Gasteiger partial charge in [-0.1, -0.05) is 20.3 Å². The van der Waals surface area contributed by atoms with E-state index in [0.29, 0.717) is 22.5 Å². The van der Waals surface area contributed by atoms with Crippen LogP contribution in [0.2, 0.25) is 0 Å². The maximum atomic E-state index is 12.8. The van der Waals surface area contributed by atoms with Crippen molar-refractivity contribution in [2.45, 2.75) is 46.1 Å². The van der Waals surface area contributed by atoms with Gasteiger partial charge in [0.2, 0.25) is 5.43 Å². The molecule has 27 heavy (non-hydrogen) atoms. The van der Waals surface area contributed by atoms with Gasteiger partial charge in [0.1, 0.15) is 4.83 Å². The van der Waals surface area contributed by atoms with E-state index in [0.717, 1.165) is 35.1 Å². The Morgan fingerprint density at radius 2 is 1.96 bits per heavy atom. The molecule has 7 nitrogen and oxygen atoms in total. The molecule has 0 bridgehead atoms. The van der Waals surface area contributed by atoms with Crippen LogP contribution in [0.25, 0.3) is 10.2 Å². The molecule has 0 aliphatic rings. The molecule has 0 saturated heterocycles. The predicted octanol–water partition coefficient (Wildman–Crippen LogP) is 2.62. The SMILES string of the molecule is CCCCc1cc2c(=O)n(Cc3cc(=O)c(OCCC)c[nH]3)c(=O)[nH]c2s1. The summed E-state index contributed by atoms with van der Waals surface area (Å²) in [7, 11) is 0. The van der Waals surface area contributed by atoms with E-state index in [-0.39, 0.29) is 23.3 Å². The van der Waals surface area contributed by atoms with Crippen LogP contribution in [-0.2, 0) is 13.0 Å². The van der Waals surface area contributed by atoms with Crippen LogP contribution in [0.3, 0.4) is 0 Å². The zero-order valence-corrected chi connectivity index (χ0v) is 16.3. The second kappa shape index (κ2) is 8.39. The highest BCUT2D eigenvalue weighted by molar-refractivity contribution is 7.18. The highest BCUT2D eigenvalue weighted by Crippen LogP contribution is 2.21. The van der Waals surface area contributed by atoms with Crippen LogP contribution in [0.5, 0.6) is 5.75 Å². The number of fused-ring (bicyclic) bond motifs is 1. The number of nitrogens with one attached hydrogen (secondary N) is 2. The van der Waals surface area contributed by atoms with Gasteiger partial charge in [-0.15, -0.1) is 11.3 Å². The van der Waals surface area contributed by atoms with Crippen molar-refractivity contribution in [1.29, 1.82) is 0 Å². The van der Waals surface area contributed by atoms with E-state index in [1.54, 1.807) is 0 Å². The minimum Gasteiger partial charge on any atom is -0.488 e. The van der Waals surface area contributed by atoms with E-state index in [1.165, 1.54) is 23.6 Å². The topological polar surface area (TPSA) is 96.9 Å². The second-order valence-corrected chi connectivity index (χ2v) is 7.55.